The molecule has 0 aliphatic carbocycles. The third kappa shape index (κ3) is 3.63. The maximum atomic E-state index is 3.62. The second-order valence-electron chi connectivity index (χ2n) is 7.24. The zero-order valence-electron chi connectivity index (χ0n) is 16.5. The molecule has 0 saturated heterocycles. The first-order valence-corrected chi connectivity index (χ1v) is 10.1. The molecule has 5 rings (SSSR count). The Kier molecular flexibility index (Phi) is 4.89. The predicted molar refractivity (Wildman–Crippen MR) is 129 cm³/mol. The standard InChI is InChI=1S/C28H22N2/c1-3-13-22(14-4-1)29-26-19-10-20-27(30-23-15-5-2-6-16-23)28(26)25-18-9-12-21-11-7-8-17-24(21)25/h1-20,29-30H. The molecule has 2 heteroatoms. The predicted octanol–water partition coefficient (Wildman–Crippen LogP) is 7.99. The van der Waals surface area contributed by atoms with Crippen molar-refractivity contribution >= 4 is 33.5 Å². The first-order chi connectivity index (χ1) is 14.9. The van der Waals surface area contributed by atoms with E-state index >= 15 is 0 Å². The average Bonchev–Trinajstić information content (AvgIpc) is 2.80. The van der Waals surface area contributed by atoms with Gasteiger partial charge in [0.25, 0.3) is 0 Å². The van der Waals surface area contributed by atoms with E-state index in [9.17, 15) is 0 Å². The lowest BCUT2D eigenvalue weighted by atomic mass is 9.95. The highest BCUT2D eigenvalue weighted by atomic mass is 14.9. The minimum Gasteiger partial charge on any atom is -0.355 e. The number of hydrogen-bond donors (Lipinski definition) is 2. The summed E-state index contributed by atoms with van der Waals surface area (Å²) >= 11 is 0. The Labute approximate surface area is 176 Å². The van der Waals surface area contributed by atoms with Crippen molar-refractivity contribution in [1.82, 2.24) is 0 Å². The molecule has 0 radical (unpaired) electrons. The van der Waals surface area contributed by atoms with E-state index in [2.05, 4.69) is 95.6 Å². The van der Waals surface area contributed by atoms with Crippen LogP contribution in [0.5, 0.6) is 0 Å². The molecule has 0 amide bonds. The van der Waals surface area contributed by atoms with Crippen molar-refractivity contribution in [1.29, 1.82) is 0 Å². The Morgan fingerprint density at radius 3 is 1.53 bits per heavy atom. The summed E-state index contributed by atoms with van der Waals surface area (Å²) in [6.07, 6.45) is 0. The van der Waals surface area contributed by atoms with Crippen LogP contribution in [0.4, 0.5) is 22.7 Å². The summed E-state index contributed by atoms with van der Waals surface area (Å²) in [5.41, 5.74) is 6.62. The molecule has 0 bridgehead atoms. The van der Waals surface area contributed by atoms with Gasteiger partial charge in [-0.05, 0) is 52.7 Å². The van der Waals surface area contributed by atoms with Gasteiger partial charge in [-0.2, -0.15) is 0 Å². The van der Waals surface area contributed by atoms with Crippen LogP contribution in [-0.2, 0) is 0 Å². The molecule has 5 aromatic rings. The van der Waals surface area contributed by atoms with Crippen LogP contribution in [0.1, 0.15) is 0 Å². The highest BCUT2D eigenvalue weighted by molar-refractivity contribution is 6.04. The van der Waals surface area contributed by atoms with Crippen molar-refractivity contribution < 1.29 is 0 Å². The number of hydrogen-bond acceptors (Lipinski definition) is 2. The summed E-state index contributed by atoms with van der Waals surface area (Å²) in [5.74, 6) is 0. The molecule has 5 aromatic carbocycles. The monoisotopic (exact) mass is 386 g/mol. The van der Waals surface area contributed by atoms with Gasteiger partial charge in [-0.3, -0.25) is 0 Å². The van der Waals surface area contributed by atoms with Crippen LogP contribution in [0.3, 0.4) is 0 Å². The van der Waals surface area contributed by atoms with Gasteiger partial charge in [0.2, 0.25) is 0 Å². The highest BCUT2D eigenvalue weighted by Crippen LogP contribution is 2.41. The van der Waals surface area contributed by atoms with Crippen molar-refractivity contribution in [3.8, 4) is 11.1 Å². The minimum absolute atomic E-state index is 1.07. The SMILES string of the molecule is c1ccc(Nc2cccc(Nc3ccccc3)c2-c2cccc3ccccc23)cc1. The summed E-state index contributed by atoms with van der Waals surface area (Å²) in [6, 6.07) is 42.0. The van der Waals surface area contributed by atoms with E-state index < -0.39 is 0 Å². The Bertz CT molecular complexity index is 1210. The summed E-state index contributed by atoms with van der Waals surface area (Å²) in [7, 11) is 0. The first kappa shape index (κ1) is 18.0. The fourth-order valence-electron chi connectivity index (χ4n) is 3.85. The van der Waals surface area contributed by atoms with Gasteiger partial charge in [0, 0.05) is 28.3 Å². The Balaban J connectivity index is 1.71. The smallest absolute Gasteiger partial charge is 0.0485 e. The lowest BCUT2D eigenvalue weighted by Gasteiger charge is -2.19. The largest absolute Gasteiger partial charge is 0.355 e. The van der Waals surface area contributed by atoms with Crippen LogP contribution in [0.25, 0.3) is 21.9 Å². The second-order valence-corrected chi connectivity index (χ2v) is 7.24. The van der Waals surface area contributed by atoms with Gasteiger partial charge in [-0.1, -0.05) is 84.9 Å². The zero-order chi connectivity index (χ0) is 20.2. The molecule has 0 aromatic heterocycles. The van der Waals surface area contributed by atoms with Gasteiger partial charge in [0.15, 0.2) is 0 Å². The molecule has 2 N–H and O–H groups in total. The van der Waals surface area contributed by atoms with E-state index in [0.29, 0.717) is 0 Å². The topological polar surface area (TPSA) is 24.1 Å². The molecule has 30 heavy (non-hydrogen) atoms. The van der Waals surface area contributed by atoms with E-state index in [1.807, 2.05) is 36.4 Å². The van der Waals surface area contributed by atoms with Crippen LogP contribution in [0.15, 0.2) is 121 Å². The summed E-state index contributed by atoms with van der Waals surface area (Å²) in [6.45, 7) is 0. The molecular formula is C28H22N2. The van der Waals surface area contributed by atoms with Crippen molar-refractivity contribution in [2.24, 2.45) is 0 Å². The molecule has 0 spiro atoms. The third-order valence-corrected chi connectivity index (χ3v) is 5.23. The molecule has 0 aliphatic rings. The average molecular weight is 386 g/mol. The van der Waals surface area contributed by atoms with Crippen LogP contribution >= 0.6 is 0 Å². The Hall–Kier alpha value is -4.04. The quantitative estimate of drug-likeness (QED) is 0.320. The first-order valence-electron chi connectivity index (χ1n) is 10.1. The van der Waals surface area contributed by atoms with E-state index in [1.54, 1.807) is 0 Å². The fourth-order valence-corrected chi connectivity index (χ4v) is 3.85. The number of para-hydroxylation sites is 2. The Morgan fingerprint density at radius 1 is 0.400 bits per heavy atom. The summed E-state index contributed by atoms with van der Waals surface area (Å²) in [4.78, 5) is 0. The van der Waals surface area contributed by atoms with Crippen LogP contribution in [0.2, 0.25) is 0 Å². The molecule has 144 valence electrons. The van der Waals surface area contributed by atoms with Crippen LogP contribution < -0.4 is 10.6 Å². The van der Waals surface area contributed by atoms with Gasteiger partial charge >= 0.3 is 0 Å². The maximum Gasteiger partial charge on any atom is 0.0485 e. The number of benzene rings is 5. The van der Waals surface area contributed by atoms with Crippen molar-refractivity contribution in [3.05, 3.63) is 121 Å². The zero-order valence-corrected chi connectivity index (χ0v) is 16.5. The number of fused-ring (bicyclic) bond motifs is 1. The molecule has 0 saturated carbocycles. The summed E-state index contributed by atoms with van der Waals surface area (Å²) < 4.78 is 0. The van der Waals surface area contributed by atoms with Crippen molar-refractivity contribution in [3.63, 3.8) is 0 Å². The molecule has 2 nitrogen and oxygen atoms in total. The molecule has 0 aliphatic heterocycles. The van der Waals surface area contributed by atoms with E-state index in [-0.39, 0.29) is 0 Å². The molecule has 0 fully saturated rings. The van der Waals surface area contributed by atoms with Gasteiger partial charge in [-0.15, -0.1) is 0 Å². The number of rotatable bonds is 5. The fraction of sp³-hybridized carbons (Fsp3) is 0. The second kappa shape index (κ2) is 8.14. The lowest BCUT2D eigenvalue weighted by molar-refractivity contribution is 1.51. The molecular weight excluding hydrogens is 364 g/mol. The summed E-state index contributed by atoms with van der Waals surface area (Å²) in [5, 5.41) is 9.71. The van der Waals surface area contributed by atoms with E-state index in [0.717, 1.165) is 28.3 Å². The minimum atomic E-state index is 1.07. The van der Waals surface area contributed by atoms with Crippen molar-refractivity contribution in [2.75, 3.05) is 10.6 Å². The van der Waals surface area contributed by atoms with E-state index in [4.69, 9.17) is 0 Å². The van der Waals surface area contributed by atoms with Crippen LogP contribution in [0, 0.1) is 0 Å². The molecule has 0 atom stereocenters. The highest BCUT2D eigenvalue weighted by Gasteiger charge is 2.14. The number of anilines is 4. The van der Waals surface area contributed by atoms with Gasteiger partial charge < -0.3 is 10.6 Å². The Morgan fingerprint density at radius 2 is 0.900 bits per heavy atom. The van der Waals surface area contributed by atoms with Gasteiger partial charge in [-0.25, -0.2) is 0 Å². The maximum absolute atomic E-state index is 3.62. The normalized spacial score (nSPS) is 10.7. The third-order valence-electron chi connectivity index (χ3n) is 5.23. The van der Waals surface area contributed by atoms with E-state index in [1.165, 1.54) is 16.3 Å². The van der Waals surface area contributed by atoms with Crippen molar-refractivity contribution in [2.45, 2.75) is 0 Å². The lowest BCUT2D eigenvalue weighted by Crippen LogP contribution is -1.99. The van der Waals surface area contributed by atoms with Crippen LogP contribution in [-0.4, -0.2) is 0 Å². The molecule has 0 unspecified atom stereocenters. The van der Waals surface area contributed by atoms with Gasteiger partial charge in [0.1, 0.15) is 0 Å². The number of nitrogens with one attached hydrogen (secondary N) is 2. The molecule has 0 heterocycles. The van der Waals surface area contributed by atoms with Gasteiger partial charge in [0.05, 0.1) is 0 Å².